The number of hydrogen-bond acceptors (Lipinski definition) is 7. The molecule has 4 atom stereocenters. The van der Waals surface area contributed by atoms with Crippen LogP contribution >= 0.6 is 0 Å². The van der Waals surface area contributed by atoms with Crippen LogP contribution in [0.1, 0.15) is 13.2 Å². The number of nitrogens with zero attached hydrogens (tertiary/aromatic N) is 3. The summed E-state index contributed by atoms with van der Waals surface area (Å²) >= 11 is 0. The zero-order chi connectivity index (χ0) is 15.2. The standard InChI is InChI=1S/C13H18N4O4/c1-13(19)9(18)8(5-20-2)21-12(13)17-4-3-7-10(14)15-6-16-11(7)17/h3-4,6,8-9,12,18-19H,5H2,1-2H3,(H2,14,15,16)/t8-,9-,12-,13-/m1/s1. The van der Waals surface area contributed by atoms with Crippen molar-refractivity contribution in [3.8, 4) is 0 Å². The zero-order valence-corrected chi connectivity index (χ0v) is 11.8. The normalized spacial score (nSPS) is 32.9. The smallest absolute Gasteiger partial charge is 0.167 e. The second kappa shape index (κ2) is 4.92. The van der Waals surface area contributed by atoms with E-state index < -0.39 is 24.0 Å². The van der Waals surface area contributed by atoms with Crippen LogP contribution in [0.3, 0.4) is 0 Å². The molecule has 1 fully saturated rings. The Balaban J connectivity index is 2.04. The third kappa shape index (κ3) is 2.07. The Hall–Kier alpha value is -1.74. The van der Waals surface area contributed by atoms with Crippen molar-refractivity contribution in [1.82, 2.24) is 14.5 Å². The predicted octanol–water partition coefficient (Wildman–Crippen LogP) is -0.331. The summed E-state index contributed by atoms with van der Waals surface area (Å²) in [6.07, 6.45) is 0.572. The quantitative estimate of drug-likeness (QED) is 0.709. The molecule has 0 aliphatic carbocycles. The number of methoxy groups -OCH3 is 1. The van der Waals surface area contributed by atoms with E-state index in [-0.39, 0.29) is 6.61 Å². The van der Waals surface area contributed by atoms with Crippen molar-refractivity contribution in [1.29, 1.82) is 0 Å². The third-order valence-electron chi connectivity index (χ3n) is 3.88. The summed E-state index contributed by atoms with van der Waals surface area (Å²) in [5, 5.41) is 21.5. The molecule has 3 heterocycles. The molecule has 0 bridgehead atoms. The summed E-state index contributed by atoms with van der Waals surface area (Å²) in [6.45, 7) is 1.71. The van der Waals surface area contributed by atoms with Gasteiger partial charge in [-0.25, -0.2) is 9.97 Å². The molecular weight excluding hydrogens is 276 g/mol. The Morgan fingerprint density at radius 1 is 1.52 bits per heavy atom. The Morgan fingerprint density at radius 3 is 3.00 bits per heavy atom. The maximum absolute atomic E-state index is 10.6. The Kier molecular flexibility index (Phi) is 3.33. The molecule has 1 saturated heterocycles. The zero-order valence-electron chi connectivity index (χ0n) is 11.8. The van der Waals surface area contributed by atoms with Crippen LogP contribution in [0.25, 0.3) is 11.0 Å². The second-order valence-electron chi connectivity index (χ2n) is 5.37. The van der Waals surface area contributed by atoms with Crippen molar-refractivity contribution in [2.45, 2.75) is 31.0 Å². The lowest BCUT2D eigenvalue weighted by atomic mass is 9.96. The van der Waals surface area contributed by atoms with Crippen LogP contribution in [0.4, 0.5) is 5.82 Å². The number of nitrogens with two attached hydrogens (primary N) is 1. The van der Waals surface area contributed by atoms with Crippen molar-refractivity contribution in [3.63, 3.8) is 0 Å². The van der Waals surface area contributed by atoms with Crippen molar-refractivity contribution < 1.29 is 19.7 Å². The first kappa shape index (κ1) is 14.2. The van der Waals surface area contributed by atoms with Gasteiger partial charge in [-0.2, -0.15) is 0 Å². The Labute approximate surface area is 121 Å². The third-order valence-corrected chi connectivity index (χ3v) is 3.88. The highest BCUT2D eigenvalue weighted by molar-refractivity contribution is 5.86. The molecule has 0 radical (unpaired) electrons. The lowest BCUT2D eigenvalue weighted by Crippen LogP contribution is -2.44. The summed E-state index contributed by atoms with van der Waals surface area (Å²) in [4.78, 5) is 8.10. The summed E-state index contributed by atoms with van der Waals surface area (Å²) < 4.78 is 12.4. The topological polar surface area (TPSA) is 116 Å². The minimum Gasteiger partial charge on any atom is -0.387 e. The molecule has 4 N–H and O–H groups in total. The van der Waals surface area contributed by atoms with Gasteiger partial charge in [0.1, 0.15) is 35.6 Å². The van der Waals surface area contributed by atoms with Crippen LogP contribution in [-0.4, -0.2) is 56.3 Å². The van der Waals surface area contributed by atoms with Crippen molar-refractivity contribution in [2.75, 3.05) is 19.5 Å². The largest absolute Gasteiger partial charge is 0.387 e. The molecule has 0 aromatic carbocycles. The molecule has 0 unspecified atom stereocenters. The van der Waals surface area contributed by atoms with Crippen LogP contribution < -0.4 is 5.73 Å². The second-order valence-corrected chi connectivity index (χ2v) is 5.37. The minimum absolute atomic E-state index is 0.185. The highest BCUT2D eigenvalue weighted by Crippen LogP contribution is 2.40. The van der Waals surface area contributed by atoms with Crippen LogP contribution in [-0.2, 0) is 9.47 Å². The van der Waals surface area contributed by atoms with Gasteiger partial charge in [0.25, 0.3) is 0 Å². The molecule has 1 aliphatic heterocycles. The van der Waals surface area contributed by atoms with Gasteiger partial charge in [0.05, 0.1) is 12.0 Å². The summed E-state index contributed by atoms with van der Waals surface area (Å²) in [7, 11) is 1.51. The molecule has 114 valence electrons. The van der Waals surface area contributed by atoms with E-state index >= 15 is 0 Å². The molecule has 1 aliphatic rings. The first-order valence-corrected chi connectivity index (χ1v) is 6.58. The first-order chi connectivity index (χ1) is 9.96. The van der Waals surface area contributed by atoms with E-state index in [1.807, 2.05) is 0 Å². The van der Waals surface area contributed by atoms with Gasteiger partial charge in [-0.1, -0.05) is 0 Å². The van der Waals surface area contributed by atoms with Gasteiger partial charge in [0.2, 0.25) is 0 Å². The van der Waals surface area contributed by atoms with Crippen molar-refractivity contribution in [3.05, 3.63) is 18.6 Å². The number of nitrogen functional groups attached to an aromatic ring is 1. The maximum atomic E-state index is 10.6. The van der Waals surface area contributed by atoms with Gasteiger partial charge in [0.15, 0.2) is 6.23 Å². The number of aromatic nitrogens is 3. The molecule has 8 nitrogen and oxygen atoms in total. The lowest BCUT2D eigenvalue weighted by molar-refractivity contribution is -0.0953. The van der Waals surface area contributed by atoms with E-state index in [9.17, 15) is 10.2 Å². The summed E-state index contributed by atoms with van der Waals surface area (Å²) in [5.41, 5.74) is 4.86. The van der Waals surface area contributed by atoms with Gasteiger partial charge in [-0.3, -0.25) is 0 Å². The SMILES string of the molecule is COC[C@H]1O[C@@H](n2ccc3c(N)ncnc32)[C@](C)(O)[C@@H]1O. The number of rotatable bonds is 3. The highest BCUT2D eigenvalue weighted by Gasteiger charge is 2.53. The van der Waals surface area contributed by atoms with Crippen molar-refractivity contribution >= 4 is 16.9 Å². The van der Waals surface area contributed by atoms with Crippen LogP contribution in [0.2, 0.25) is 0 Å². The van der Waals surface area contributed by atoms with E-state index in [2.05, 4.69) is 9.97 Å². The lowest BCUT2D eigenvalue weighted by Gasteiger charge is -2.27. The van der Waals surface area contributed by atoms with Gasteiger partial charge >= 0.3 is 0 Å². The fourth-order valence-electron chi connectivity index (χ4n) is 2.72. The molecule has 2 aromatic heterocycles. The Bertz CT molecular complexity index is 657. The van der Waals surface area contributed by atoms with E-state index in [1.165, 1.54) is 20.4 Å². The van der Waals surface area contributed by atoms with Gasteiger partial charge < -0.3 is 30.0 Å². The molecule has 8 heteroatoms. The average molecular weight is 294 g/mol. The van der Waals surface area contributed by atoms with Gasteiger partial charge in [-0.15, -0.1) is 0 Å². The van der Waals surface area contributed by atoms with E-state index in [1.54, 1.807) is 16.8 Å². The van der Waals surface area contributed by atoms with Gasteiger partial charge in [-0.05, 0) is 13.0 Å². The number of anilines is 1. The first-order valence-electron chi connectivity index (χ1n) is 6.58. The molecule has 0 spiro atoms. The van der Waals surface area contributed by atoms with Crippen LogP contribution in [0.15, 0.2) is 18.6 Å². The number of aliphatic hydroxyl groups is 2. The fraction of sp³-hybridized carbons (Fsp3) is 0.538. The molecule has 3 rings (SSSR count). The molecule has 21 heavy (non-hydrogen) atoms. The van der Waals surface area contributed by atoms with E-state index in [0.29, 0.717) is 16.9 Å². The van der Waals surface area contributed by atoms with Crippen molar-refractivity contribution in [2.24, 2.45) is 0 Å². The van der Waals surface area contributed by atoms with Crippen LogP contribution in [0, 0.1) is 0 Å². The predicted molar refractivity (Wildman–Crippen MR) is 74.4 cm³/mol. The van der Waals surface area contributed by atoms with Gasteiger partial charge in [0, 0.05) is 13.3 Å². The summed E-state index contributed by atoms with van der Waals surface area (Å²) in [5.74, 6) is 0.352. The number of fused-ring (bicyclic) bond motifs is 1. The summed E-state index contributed by atoms with van der Waals surface area (Å²) in [6, 6.07) is 1.75. The number of aliphatic hydroxyl groups excluding tert-OH is 1. The Morgan fingerprint density at radius 2 is 2.29 bits per heavy atom. The average Bonchev–Trinajstić information content (AvgIpc) is 2.95. The molecule has 2 aromatic rings. The minimum atomic E-state index is -1.48. The molecular formula is C13H18N4O4. The monoisotopic (exact) mass is 294 g/mol. The maximum Gasteiger partial charge on any atom is 0.167 e. The van der Waals surface area contributed by atoms with E-state index in [0.717, 1.165) is 0 Å². The molecule has 0 saturated carbocycles. The highest BCUT2D eigenvalue weighted by atomic mass is 16.6. The fourth-order valence-corrected chi connectivity index (χ4v) is 2.72. The number of hydrogen-bond donors (Lipinski definition) is 3. The van der Waals surface area contributed by atoms with E-state index in [4.69, 9.17) is 15.2 Å². The molecule has 0 amide bonds. The number of ether oxygens (including phenoxy) is 2. The van der Waals surface area contributed by atoms with Crippen LogP contribution in [0.5, 0.6) is 0 Å².